The molecular weight excluding hydrogens is 198 g/mol. The smallest absolute Gasteiger partial charge is 0.137 e. The highest BCUT2D eigenvalue weighted by Crippen LogP contribution is 2.25. The maximum absolute atomic E-state index is 4.50. The van der Waals surface area contributed by atoms with Crippen LogP contribution >= 0.6 is 0 Å². The quantitative estimate of drug-likeness (QED) is 0.789. The zero-order chi connectivity index (χ0) is 11.0. The van der Waals surface area contributed by atoms with E-state index in [1.54, 1.807) is 0 Å². The van der Waals surface area contributed by atoms with E-state index in [1.165, 1.54) is 24.1 Å². The second kappa shape index (κ2) is 3.91. The third-order valence-electron chi connectivity index (χ3n) is 3.45. The Bertz CT molecular complexity index is 495. The van der Waals surface area contributed by atoms with Crippen LogP contribution in [-0.2, 0) is 0 Å². The first kappa shape index (κ1) is 9.85. The van der Waals surface area contributed by atoms with Gasteiger partial charge >= 0.3 is 0 Å². The van der Waals surface area contributed by atoms with Gasteiger partial charge < -0.3 is 9.72 Å². The highest BCUT2D eigenvalue weighted by molar-refractivity contribution is 5.43. The van der Waals surface area contributed by atoms with Gasteiger partial charge in [0.1, 0.15) is 5.65 Å². The van der Waals surface area contributed by atoms with E-state index in [4.69, 9.17) is 0 Å². The third kappa shape index (κ3) is 1.61. The molecule has 1 fully saturated rings. The van der Waals surface area contributed by atoms with Crippen LogP contribution in [0.5, 0.6) is 0 Å². The first-order chi connectivity index (χ1) is 7.84. The molecule has 16 heavy (non-hydrogen) atoms. The van der Waals surface area contributed by atoms with E-state index in [-0.39, 0.29) is 0 Å². The molecule has 3 nitrogen and oxygen atoms in total. The van der Waals surface area contributed by atoms with Gasteiger partial charge in [-0.3, -0.25) is 0 Å². The molecule has 1 aliphatic rings. The minimum absolute atomic E-state index is 0.666. The second-order valence-electron chi connectivity index (χ2n) is 4.64. The Balaban J connectivity index is 2.03. The molecule has 0 spiro atoms. The number of aryl methyl sites for hydroxylation is 1. The van der Waals surface area contributed by atoms with Gasteiger partial charge in [-0.2, -0.15) is 0 Å². The lowest BCUT2D eigenvalue weighted by atomic mass is 9.95. The van der Waals surface area contributed by atoms with Gasteiger partial charge in [0.2, 0.25) is 0 Å². The number of aromatic nitrogens is 2. The van der Waals surface area contributed by atoms with Gasteiger partial charge in [0.25, 0.3) is 0 Å². The summed E-state index contributed by atoms with van der Waals surface area (Å²) >= 11 is 0. The molecule has 3 heterocycles. The average molecular weight is 215 g/mol. The van der Waals surface area contributed by atoms with E-state index in [0.29, 0.717) is 5.92 Å². The number of piperidine rings is 1. The molecule has 0 unspecified atom stereocenters. The highest BCUT2D eigenvalue weighted by Gasteiger charge is 2.18. The molecule has 0 aromatic carbocycles. The van der Waals surface area contributed by atoms with E-state index in [0.717, 1.165) is 18.7 Å². The normalized spacial score (nSPS) is 18.1. The zero-order valence-electron chi connectivity index (χ0n) is 9.61. The van der Waals surface area contributed by atoms with Crippen molar-refractivity contribution in [3.8, 4) is 0 Å². The summed E-state index contributed by atoms with van der Waals surface area (Å²) < 4.78 is 2.24. The van der Waals surface area contributed by atoms with E-state index in [9.17, 15) is 0 Å². The fourth-order valence-electron chi connectivity index (χ4n) is 2.52. The van der Waals surface area contributed by atoms with Gasteiger partial charge in [0, 0.05) is 24.0 Å². The lowest BCUT2D eigenvalue weighted by Gasteiger charge is -2.22. The number of nitrogens with one attached hydrogen (secondary N) is 1. The summed E-state index contributed by atoms with van der Waals surface area (Å²) in [6, 6.07) is 4.30. The number of nitrogens with zero attached hydrogens (tertiary/aromatic N) is 2. The van der Waals surface area contributed by atoms with Gasteiger partial charge in [0.05, 0.1) is 0 Å². The van der Waals surface area contributed by atoms with Crippen molar-refractivity contribution in [1.29, 1.82) is 0 Å². The van der Waals surface area contributed by atoms with Crippen molar-refractivity contribution in [1.82, 2.24) is 14.7 Å². The largest absolute Gasteiger partial charge is 0.317 e. The molecule has 0 atom stereocenters. The SMILES string of the molecule is Cc1ccn2c(C3CCNCC3)cnc2c1. The van der Waals surface area contributed by atoms with Crippen LogP contribution in [0.1, 0.15) is 30.0 Å². The summed E-state index contributed by atoms with van der Waals surface area (Å²) in [5, 5.41) is 3.40. The monoisotopic (exact) mass is 215 g/mol. The summed E-state index contributed by atoms with van der Waals surface area (Å²) in [5.41, 5.74) is 3.72. The summed E-state index contributed by atoms with van der Waals surface area (Å²) in [6.45, 7) is 4.37. The minimum atomic E-state index is 0.666. The zero-order valence-corrected chi connectivity index (χ0v) is 9.61. The van der Waals surface area contributed by atoms with Gasteiger partial charge in [0.15, 0.2) is 0 Å². The molecule has 0 amide bonds. The van der Waals surface area contributed by atoms with Crippen molar-refractivity contribution in [2.24, 2.45) is 0 Å². The molecular formula is C13H17N3. The van der Waals surface area contributed by atoms with Crippen molar-refractivity contribution in [2.45, 2.75) is 25.7 Å². The number of imidazole rings is 1. The topological polar surface area (TPSA) is 29.3 Å². The van der Waals surface area contributed by atoms with E-state index in [1.807, 2.05) is 6.20 Å². The molecule has 2 aromatic rings. The Morgan fingerprint density at radius 1 is 1.38 bits per heavy atom. The van der Waals surface area contributed by atoms with Crippen molar-refractivity contribution in [3.05, 3.63) is 35.8 Å². The lowest BCUT2D eigenvalue weighted by molar-refractivity contribution is 0.451. The molecule has 0 aliphatic carbocycles. The number of fused-ring (bicyclic) bond motifs is 1. The summed E-state index contributed by atoms with van der Waals surface area (Å²) in [6.07, 6.45) is 6.64. The van der Waals surface area contributed by atoms with Gasteiger partial charge in [-0.05, 0) is 50.6 Å². The first-order valence-electron chi connectivity index (χ1n) is 5.99. The fraction of sp³-hybridized carbons (Fsp3) is 0.462. The molecule has 1 aliphatic heterocycles. The first-order valence-corrected chi connectivity index (χ1v) is 5.99. The van der Waals surface area contributed by atoms with Crippen LogP contribution in [0.25, 0.3) is 5.65 Å². The van der Waals surface area contributed by atoms with Crippen LogP contribution in [0.2, 0.25) is 0 Å². The number of hydrogen-bond donors (Lipinski definition) is 1. The molecule has 0 saturated carbocycles. The van der Waals surface area contributed by atoms with Crippen LogP contribution < -0.4 is 5.32 Å². The predicted molar refractivity (Wildman–Crippen MR) is 64.8 cm³/mol. The maximum atomic E-state index is 4.50. The summed E-state index contributed by atoms with van der Waals surface area (Å²) in [4.78, 5) is 4.50. The van der Waals surface area contributed by atoms with Crippen LogP contribution in [0, 0.1) is 6.92 Å². The minimum Gasteiger partial charge on any atom is -0.317 e. The standard InChI is InChI=1S/C13H17N3/c1-10-4-7-16-12(9-15-13(16)8-10)11-2-5-14-6-3-11/h4,7-9,11,14H,2-3,5-6H2,1H3. The van der Waals surface area contributed by atoms with Crippen LogP contribution in [0.3, 0.4) is 0 Å². The van der Waals surface area contributed by atoms with E-state index < -0.39 is 0 Å². The lowest BCUT2D eigenvalue weighted by Crippen LogP contribution is -2.27. The molecule has 3 rings (SSSR count). The Hall–Kier alpha value is -1.35. The average Bonchev–Trinajstić information content (AvgIpc) is 2.73. The van der Waals surface area contributed by atoms with Gasteiger partial charge in [-0.1, -0.05) is 0 Å². The summed E-state index contributed by atoms with van der Waals surface area (Å²) in [5.74, 6) is 0.666. The molecule has 0 bridgehead atoms. The predicted octanol–water partition coefficient (Wildman–Crippen LogP) is 2.11. The Kier molecular flexibility index (Phi) is 2.40. The third-order valence-corrected chi connectivity index (χ3v) is 3.45. The van der Waals surface area contributed by atoms with Crippen LogP contribution in [0.4, 0.5) is 0 Å². The van der Waals surface area contributed by atoms with Gasteiger partial charge in [-0.25, -0.2) is 4.98 Å². The van der Waals surface area contributed by atoms with E-state index >= 15 is 0 Å². The highest BCUT2D eigenvalue weighted by atomic mass is 15.0. The number of rotatable bonds is 1. The molecule has 3 heteroatoms. The molecule has 1 N–H and O–H groups in total. The Morgan fingerprint density at radius 3 is 3.00 bits per heavy atom. The molecule has 1 saturated heterocycles. The van der Waals surface area contributed by atoms with E-state index in [2.05, 4.69) is 40.0 Å². The van der Waals surface area contributed by atoms with Crippen molar-refractivity contribution < 1.29 is 0 Å². The van der Waals surface area contributed by atoms with Crippen molar-refractivity contribution >= 4 is 5.65 Å². The summed E-state index contributed by atoms with van der Waals surface area (Å²) in [7, 11) is 0. The molecule has 84 valence electrons. The maximum Gasteiger partial charge on any atom is 0.137 e. The second-order valence-corrected chi connectivity index (χ2v) is 4.64. The fourth-order valence-corrected chi connectivity index (χ4v) is 2.52. The Morgan fingerprint density at radius 2 is 2.19 bits per heavy atom. The van der Waals surface area contributed by atoms with Gasteiger partial charge in [-0.15, -0.1) is 0 Å². The Labute approximate surface area is 95.5 Å². The number of hydrogen-bond acceptors (Lipinski definition) is 2. The van der Waals surface area contributed by atoms with Crippen molar-refractivity contribution in [2.75, 3.05) is 13.1 Å². The van der Waals surface area contributed by atoms with Crippen LogP contribution in [0.15, 0.2) is 24.5 Å². The van der Waals surface area contributed by atoms with Crippen molar-refractivity contribution in [3.63, 3.8) is 0 Å². The molecule has 0 radical (unpaired) electrons. The van der Waals surface area contributed by atoms with Crippen LogP contribution in [-0.4, -0.2) is 22.5 Å². The number of pyridine rings is 1. The molecule has 2 aromatic heterocycles.